The van der Waals surface area contributed by atoms with Gasteiger partial charge in [-0.2, -0.15) is 0 Å². The van der Waals surface area contributed by atoms with Crippen molar-refractivity contribution in [1.29, 1.82) is 0 Å². The number of hydrogen-bond donors (Lipinski definition) is 2. The fourth-order valence-electron chi connectivity index (χ4n) is 2.97. The highest BCUT2D eigenvalue weighted by Gasteiger charge is 2.25. The molecule has 0 spiro atoms. The van der Waals surface area contributed by atoms with Gasteiger partial charge in [0.05, 0.1) is 5.56 Å². The summed E-state index contributed by atoms with van der Waals surface area (Å²) in [5.74, 6) is 0.503. The molecule has 1 amide bonds. The maximum absolute atomic E-state index is 12.4. The van der Waals surface area contributed by atoms with E-state index in [0.717, 1.165) is 10.0 Å². The molecule has 20 heavy (non-hydrogen) atoms. The summed E-state index contributed by atoms with van der Waals surface area (Å²) in [5.41, 5.74) is 7.63. The fourth-order valence-corrected chi connectivity index (χ4v) is 3.42. The van der Waals surface area contributed by atoms with E-state index in [1.807, 2.05) is 25.1 Å². The monoisotopic (exact) mass is 338 g/mol. The zero-order chi connectivity index (χ0) is 14.5. The van der Waals surface area contributed by atoms with E-state index in [-0.39, 0.29) is 11.9 Å². The first-order valence-electron chi connectivity index (χ1n) is 7.39. The molecule has 1 atom stereocenters. The van der Waals surface area contributed by atoms with Crippen molar-refractivity contribution in [2.75, 3.05) is 6.54 Å². The van der Waals surface area contributed by atoms with Crippen LogP contribution in [0.15, 0.2) is 22.7 Å². The first-order valence-corrected chi connectivity index (χ1v) is 8.19. The van der Waals surface area contributed by atoms with Gasteiger partial charge in [0.15, 0.2) is 0 Å². The summed E-state index contributed by atoms with van der Waals surface area (Å²) in [7, 11) is 0. The Kier molecular flexibility index (Phi) is 5.61. The van der Waals surface area contributed by atoms with E-state index < -0.39 is 0 Å². The highest BCUT2D eigenvalue weighted by atomic mass is 79.9. The Morgan fingerprint density at radius 1 is 1.40 bits per heavy atom. The molecule has 1 aromatic rings. The van der Waals surface area contributed by atoms with Crippen molar-refractivity contribution in [3.8, 4) is 0 Å². The molecular formula is C16H23BrN2O. The molecule has 1 unspecified atom stereocenters. The molecule has 0 aromatic heterocycles. The number of carbonyl (C=O) groups is 1. The summed E-state index contributed by atoms with van der Waals surface area (Å²) < 4.78 is 0.872. The molecule has 0 aliphatic heterocycles. The summed E-state index contributed by atoms with van der Waals surface area (Å²) in [6, 6.07) is 5.84. The zero-order valence-electron chi connectivity index (χ0n) is 12.0. The third kappa shape index (κ3) is 3.61. The van der Waals surface area contributed by atoms with Crippen LogP contribution in [0.3, 0.4) is 0 Å². The van der Waals surface area contributed by atoms with Crippen LogP contribution >= 0.6 is 15.9 Å². The standard InChI is InChI=1S/C16H23BrN2O/c1-11-6-5-9-13(15(11)17)16(20)19-14(10-18)12-7-3-2-4-8-12/h5-6,9,12,14H,2-4,7-8,10,18H2,1H3,(H,19,20). The SMILES string of the molecule is Cc1cccc(C(=O)NC(CN)C2CCCCC2)c1Br. The molecule has 0 bridgehead atoms. The average molecular weight is 339 g/mol. The molecule has 0 saturated heterocycles. The van der Waals surface area contributed by atoms with Crippen LogP contribution in [0.2, 0.25) is 0 Å². The van der Waals surface area contributed by atoms with Crippen molar-refractivity contribution >= 4 is 21.8 Å². The Bertz CT molecular complexity index is 470. The predicted molar refractivity (Wildman–Crippen MR) is 85.8 cm³/mol. The van der Waals surface area contributed by atoms with Crippen molar-refractivity contribution < 1.29 is 4.79 Å². The quantitative estimate of drug-likeness (QED) is 0.883. The second-order valence-electron chi connectivity index (χ2n) is 5.65. The van der Waals surface area contributed by atoms with Gasteiger partial charge in [0, 0.05) is 17.1 Å². The van der Waals surface area contributed by atoms with Crippen molar-refractivity contribution in [3.63, 3.8) is 0 Å². The third-order valence-corrected chi connectivity index (χ3v) is 5.28. The van der Waals surface area contributed by atoms with Crippen LogP contribution in [0, 0.1) is 12.8 Å². The van der Waals surface area contributed by atoms with Gasteiger partial charge in [0.25, 0.3) is 5.91 Å². The Labute approximate surface area is 129 Å². The summed E-state index contributed by atoms with van der Waals surface area (Å²) in [6.45, 7) is 2.50. The van der Waals surface area contributed by atoms with E-state index in [0.29, 0.717) is 18.0 Å². The van der Waals surface area contributed by atoms with E-state index in [9.17, 15) is 4.79 Å². The number of rotatable bonds is 4. The lowest BCUT2D eigenvalue weighted by Crippen LogP contribution is -2.46. The van der Waals surface area contributed by atoms with Crippen molar-refractivity contribution in [2.45, 2.75) is 45.1 Å². The van der Waals surface area contributed by atoms with Crippen LogP contribution in [-0.2, 0) is 0 Å². The van der Waals surface area contributed by atoms with Gasteiger partial charge in [0.1, 0.15) is 0 Å². The topological polar surface area (TPSA) is 55.1 Å². The summed E-state index contributed by atoms with van der Waals surface area (Å²) >= 11 is 3.50. The molecule has 1 fully saturated rings. The summed E-state index contributed by atoms with van der Waals surface area (Å²) in [5, 5.41) is 3.13. The molecule has 4 heteroatoms. The molecule has 3 nitrogen and oxygen atoms in total. The minimum atomic E-state index is -0.0263. The normalized spacial score (nSPS) is 17.8. The second-order valence-corrected chi connectivity index (χ2v) is 6.44. The smallest absolute Gasteiger partial charge is 0.252 e. The van der Waals surface area contributed by atoms with Gasteiger partial charge in [-0.05, 0) is 53.2 Å². The van der Waals surface area contributed by atoms with Gasteiger partial charge in [-0.1, -0.05) is 31.4 Å². The van der Waals surface area contributed by atoms with E-state index in [2.05, 4.69) is 21.2 Å². The number of hydrogen-bond acceptors (Lipinski definition) is 2. The number of aryl methyl sites for hydroxylation is 1. The van der Waals surface area contributed by atoms with E-state index in [1.54, 1.807) is 0 Å². The minimum Gasteiger partial charge on any atom is -0.348 e. The van der Waals surface area contributed by atoms with Gasteiger partial charge in [-0.3, -0.25) is 4.79 Å². The fraction of sp³-hybridized carbons (Fsp3) is 0.562. The molecule has 0 heterocycles. The van der Waals surface area contributed by atoms with Crippen LogP contribution < -0.4 is 11.1 Å². The Morgan fingerprint density at radius 2 is 2.10 bits per heavy atom. The minimum absolute atomic E-state index is 0.0263. The van der Waals surface area contributed by atoms with Crippen LogP contribution in [0.4, 0.5) is 0 Å². The first kappa shape index (κ1) is 15.5. The van der Waals surface area contributed by atoms with Gasteiger partial charge in [-0.15, -0.1) is 0 Å². The highest BCUT2D eigenvalue weighted by Crippen LogP contribution is 2.27. The third-order valence-electron chi connectivity index (χ3n) is 4.23. The largest absolute Gasteiger partial charge is 0.348 e. The number of halogens is 1. The van der Waals surface area contributed by atoms with Gasteiger partial charge in [0.2, 0.25) is 0 Å². The van der Waals surface area contributed by atoms with Gasteiger partial charge >= 0.3 is 0 Å². The van der Waals surface area contributed by atoms with E-state index >= 15 is 0 Å². The van der Waals surface area contributed by atoms with Crippen LogP contribution in [-0.4, -0.2) is 18.5 Å². The summed E-state index contributed by atoms with van der Waals surface area (Å²) in [6.07, 6.45) is 6.18. The van der Waals surface area contributed by atoms with Crippen LogP contribution in [0.25, 0.3) is 0 Å². The maximum atomic E-state index is 12.4. The number of benzene rings is 1. The zero-order valence-corrected chi connectivity index (χ0v) is 13.6. The summed E-state index contributed by atoms with van der Waals surface area (Å²) in [4.78, 5) is 12.4. The van der Waals surface area contributed by atoms with E-state index in [1.165, 1.54) is 32.1 Å². The molecule has 1 aromatic carbocycles. The van der Waals surface area contributed by atoms with Crippen LogP contribution in [0.5, 0.6) is 0 Å². The number of amides is 1. The maximum Gasteiger partial charge on any atom is 0.252 e. The number of nitrogens with two attached hydrogens (primary N) is 1. The van der Waals surface area contributed by atoms with Gasteiger partial charge < -0.3 is 11.1 Å². The van der Waals surface area contributed by atoms with Crippen molar-refractivity contribution in [3.05, 3.63) is 33.8 Å². The molecule has 2 rings (SSSR count). The van der Waals surface area contributed by atoms with Crippen LogP contribution in [0.1, 0.15) is 48.0 Å². The Hall–Kier alpha value is -0.870. The van der Waals surface area contributed by atoms with Crippen molar-refractivity contribution in [2.24, 2.45) is 11.7 Å². The van der Waals surface area contributed by atoms with Crippen molar-refractivity contribution in [1.82, 2.24) is 5.32 Å². The van der Waals surface area contributed by atoms with E-state index in [4.69, 9.17) is 5.73 Å². The molecule has 110 valence electrons. The lowest BCUT2D eigenvalue weighted by Gasteiger charge is -2.30. The molecule has 1 aliphatic carbocycles. The Balaban J connectivity index is 2.06. The molecule has 1 aliphatic rings. The molecule has 3 N–H and O–H groups in total. The predicted octanol–water partition coefficient (Wildman–Crippen LogP) is 3.39. The molecule has 0 radical (unpaired) electrons. The molecule has 1 saturated carbocycles. The number of nitrogens with one attached hydrogen (secondary N) is 1. The lowest BCUT2D eigenvalue weighted by molar-refractivity contribution is 0.0914. The lowest BCUT2D eigenvalue weighted by atomic mass is 9.84. The van der Waals surface area contributed by atoms with Gasteiger partial charge in [-0.25, -0.2) is 0 Å². The number of carbonyl (C=O) groups excluding carboxylic acids is 1. The second kappa shape index (κ2) is 7.23. The average Bonchev–Trinajstić information content (AvgIpc) is 2.48. The highest BCUT2D eigenvalue weighted by molar-refractivity contribution is 9.10. The Morgan fingerprint density at radius 3 is 2.75 bits per heavy atom. The first-order chi connectivity index (χ1) is 9.63. The molecular weight excluding hydrogens is 316 g/mol.